The molecule has 3 aromatic rings. The minimum Gasteiger partial charge on any atom is -0.664 e. The van der Waals surface area contributed by atoms with Crippen LogP contribution in [0, 0.1) is 38.5 Å². The average Bonchev–Trinajstić information content (AvgIpc) is 3.80. The van der Waals surface area contributed by atoms with Gasteiger partial charge in [0.05, 0.1) is 13.7 Å². The number of rotatable bonds is 9. The van der Waals surface area contributed by atoms with E-state index >= 15 is 0 Å². The normalized spacial score (nSPS) is 24.0. The van der Waals surface area contributed by atoms with Crippen molar-refractivity contribution in [1.29, 1.82) is 0 Å². The first-order valence-corrected chi connectivity index (χ1v) is 16.6. The van der Waals surface area contributed by atoms with E-state index in [1.165, 1.54) is 7.11 Å². The maximum atomic E-state index is 14.1. The summed E-state index contributed by atoms with van der Waals surface area (Å²) < 4.78 is 10.8. The molecule has 252 valence electrons. The summed E-state index contributed by atoms with van der Waals surface area (Å²) in [7, 11) is 1.29. The van der Waals surface area contributed by atoms with Gasteiger partial charge in [-0.1, -0.05) is 84.7 Å². The van der Waals surface area contributed by atoms with E-state index in [0.29, 0.717) is 53.2 Å². The van der Waals surface area contributed by atoms with E-state index in [9.17, 15) is 14.7 Å². The van der Waals surface area contributed by atoms with Crippen LogP contribution < -0.4 is 25.7 Å². The Balaban J connectivity index is 0.00000468. The van der Waals surface area contributed by atoms with Crippen molar-refractivity contribution in [2.45, 2.75) is 67.1 Å². The van der Waals surface area contributed by atoms with E-state index in [1.54, 1.807) is 0 Å². The number of ketones is 1. The Labute approximate surface area is 303 Å². The molecule has 0 amide bonds. The Kier molecular flexibility index (Phi) is 10.8. The smallest absolute Gasteiger partial charge is 0.664 e. The molecule has 2 aliphatic heterocycles. The molecule has 10 heteroatoms. The third-order valence-corrected chi connectivity index (χ3v) is 10.1. The quantitative estimate of drug-likeness (QED) is 0.117. The molecule has 3 aromatic heterocycles. The van der Waals surface area contributed by atoms with Crippen LogP contribution in [-0.4, -0.2) is 59.9 Å². The molecule has 0 radical (unpaired) electrons. The number of hydrogen-bond acceptors (Lipinski definition) is 5. The van der Waals surface area contributed by atoms with Crippen molar-refractivity contribution in [3.63, 3.8) is 0 Å². The molecule has 49 heavy (non-hydrogen) atoms. The number of esters is 1. The number of carbonyl (C=O) groups is 2. The van der Waals surface area contributed by atoms with Gasteiger partial charge in [-0.25, -0.2) is 0 Å². The predicted molar refractivity (Wildman–Crippen MR) is 192 cm³/mol. The van der Waals surface area contributed by atoms with Gasteiger partial charge in [0, 0.05) is 5.56 Å². The Bertz CT molecular complexity index is 2040. The van der Waals surface area contributed by atoms with Crippen molar-refractivity contribution < 1.29 is 24.2 Å². The van der Waals surface area contributed by atoms with Crippen LogP contribution >= 0.6 is 0 Å². The van der Waals surface area contributed by atoms with Crippen molar-refractivity contribution in [3.8, 4) is 0 Å². The van der Waals surface area contributed by atoms with Crippen LogP contribution in [0.15, 0.2) is 30.1 Å². The van der Waals surface area contributed by atoms with Gasteiger partial charge in [-0.15, -0.1) is 33.5 Å². The number of fused-ring (bicyclic) bond motifs is 7. The van der Waals surface area contributed by atoms with E-state index < -0.39 is 18.2 Å². The first kappa shape index (κ1) is 36.4. The minimum atomic E-state index is -1.19. The van der Waals surface area contributed by atoms with Gasteiger partial charge in [0.15, 0.2) is 12.1 Å². The third-order valence-electron chi connectivity index (χ3n) is 10.1. The van der Waals surface area contributed by atoms with Crippen LogP contribution in [-0.2, 0) is 20.7 Å². The van der Waals surface area contributed by atoms with Gasteiger partial charge in [-0.3, -0.25) is 9.59 Å². The molecule has 5 heterocycles. The summed E-state index contributed by atoms with van der Waals surface area (Å²) in [5, 5.41) is 17.5. The van der Waals surface area contributed by atoms with Gasteiger partial charge >= 0.3 is 29.0 Å². The first-order chi connectivity index (χ1) is 23.0. The number of aromatic nitrogens is 3. The fraction of sp³-hybridized carbons (Fsp3) is 0.385. The van der Waals surface area contributed by atoms with Crippen LogP contribution in [0.2, 0.25) is 0 Å². The van der Waals surface area contributed by atoms with Crippen molar-refractivity contribution in [1.82, 2.24) is 15.0 Å². The summed E-state index contributed by atoms with van der Waals surface area (Å²) in [6, 6.07) is 0. The molecule has 6 rings (SSSR count). The van der Waals surface area contributed by atoms with Gasteiger partial charge in [-0.2, -0.15) is 11.4 Å². The number of nitrogens with zero attached hydrogens (tertiary/aromatic N) is 4. The molecular formula is C39H42MgN4O5-2. The summed E-state index contributed by atoms with van der Waals surface area (Å²) in [4.78, 5) is 42.6. The number of aliphatic hydroxyl groups is 1. The number of carbonyl (C=O) groups excluding carboxylic acids is 2. The van der Waals surface area contributed by atoms with Gasteiger partial charge < -0.3 is 34.8 Å². The molecule has 1 fully saturated rings. The molecule has 0 saturated carbocycles. The molecule has 1 unspecified atom stereocenters. The number of Topliss-reactive ketones (excluding diaryl/α,β-unsaturated/α-hetero) is 1. The van der Waals surface area contributed by atoms with Crippen LogP contribution in [0.25, 0.3) is 35.2 Å². The van der Waals surface area contributed by atoms with Crippen LogP contribution in [0.1, 0.15) is 94.6 Å². The van der Waals surface area contributed by atoms with Crippen molar-refractivity contribution >= 4 is 64.7 Å². The van der Waals surface area contributed by atoms with Gasteiger partial charge in [0.2, 0.25) is 0 Å². The Morgan fingerprint density at radius 3 is 2.43 bits per heavy atom. The van der Waals surface area contributed by atoms with E-state index in [2.05, 4.69) is 27.4 Å². The topological polar surface area (TPSA) is 129 Å². The second kappa shape index (κ2) is 14.6. The second-order valence-corrected chi connectivity index (χ2v) is 12.7. The molecule has 0 spiro atoms. The van der Waals surface area contributed by atoms with Crippen LogP contribution in [0.4, 0.5) is 0 Å². The van der Waals surface area contributed by atoms with E-state index in [-0.39, 0.29) is 40.7 Å². The van der Waals surface area contributed by atoms with Crippen molar-refractivity contribution in [3.05, 3.63) is 102 Å². The number of ether oxygens (including phenoxy) is 2. The molecule has 8 bridgehead atoms. The Morgan fingerprint density at radius 2 is 1.76 bits per heavy atom. The Hall–Kier alpha value is -3.83. The van der Waals surface area contributed by atoms with Crippen molar-refractivity contribution in [2.24, 2.45) is 17.8 Å². The standard InChI is InChI=1S/C39H43N4O5.Mg/c1-9-12-15-48-32(44)14-13-25-21(6)28-16-26-19(4)23(10-2)30(40-26)17-27-20(5)24(11-3)31(41-27)18-29-22(7)33-37(43-29)34(36(25)42-28)35(38(33)45)39(46)47-8;/h9-10,12,16-18,21,25,32,35,44H,2,11,13-15H2,1,3-8H3,(H-,42,43,45);/q-3;+2/p-1/b12-9+,27-17-,28-16-,31-18-;/t21-,25-,32?,35+;/m0./s1. The molecule has 0 aromatic carbocycles. The second-order valence-electron chi connectivity index (χ2n) is 12.7. The summed E-state index contributed by atoms with van der Waals surface area (Å²) in [6.07, 6.45) is 12.1. The monoisotopic (exact) mass is 670 g/mol. The minimum absolute atomic E-state index is 0. The summed E-state index contributed by atoms with van der Waals surface area (Å²) in [5.74, 6) is -2.56. The van der Waals surface area contributed by atoms with Gasteiger partial charge in [0.25, 0.3) is 0 Å². The fourth-order valence-corrected chi connectivity index (χ4v) is 7.32. The maximum absolute atomic E-state index is 14.1. The molecule has 1 saturated heterocycles. The zero-order valence-corrected chi connectivity index (χ0v) is 30.8. The third kappa shape index (κ3) is 6.24. The summed E-state index contributed by atoms with van der Waals surface area (Å²) in [5.41, 5.74) is 9.62. The number of aliphatic hydroxyl groups excluding tert-OH is 1. The number of methoxy groups -OCH3 is 1. The zero-order valence-electron chi connectivity index (χ0n) is 29.4. The summed E-state index contributed by atoms with van der Waals surface area (Å²) in [6.45, 7) is 16.4. The molecule has 4 atom stereocenters. The molecule has 1 N–H and O–H groups in total. The van der Waals surface area contributed by atoms with Crippen molar-refractivity contribution in [2.75, 3.05) is 13.7 Å². The number of hydrogen-bond donors (Lipinski definition) is 1. The first-order valence-electron chi connectivity index (χ1n) is 16.6. The van der Waals surface area contributed by atoms with Crippen LogP contribution in [0.3, 0.4) is 0 Å². The predicted octanol–water partition coefficient (Wildman–Crippen LogP) is 4.35. The molecular weight excluding hydrogens is 629 g/mol. The van der Waals surface area contributed by atoms with E-state index in [0.717, 1.165) is 56.5 Å². The molecule has 1 aliphatic carbocycles. The Morgan fingerprint density at radius 1 is 1.04 bits per heavy atom. The van der Waals surface area contributed by atoms with Gasteiger partial charge in [-0.05, 0) is 64.4 Å². The van der Waals surface area contributed by atoms with Gasteiger partial charge in [0.1, 0.15) is 5.92 Å². The fourth-order valence-electron chi connectivity index (χ4n) is 7.32. The maximum Gasteiger partial charge on any atom is 2.00 e. The zero-order chi connectivity index (χ0) is 34.4. The van der Waals surface area contributed by atoms with Crippen LogP contribution in [0.5, 0.6) is 0 Å². The van der Waals surface area contributed by atoms with E-state index in [4.69, 9.17) is 29.7 Å². The molecule has 9 nitrogen and oxygen atoms in total. The summed E-state index contributed by atoms with van der Waals surface area (Å²) >= 11 is 0. The molecule has 3 aliphatic rings. The average molecular weight is 671 g/mol. The number of allylic oxidation sites excluding steroid dienone is 3. The largest absolute Gasteiger partial charge is 2.00 e. The SMILES string of the molecule is C=Cc1c2[n-]c(c1C)/C=C1\[N-]/C(=C3\c4[n-]c(c(C)c4C(=O)[C@@H]3C(=O)OC)/C=c3\[n-]/c(c(C)c3CC)=C\2)[C@@H](CCC(O)OC/C=C/C)[C@@H]1C.[Mg+2]. The van der Waals surface area contributed by atoms with E-state index in [1.807, 2.05) is 57.2 Å².